The summed E-state index contributed by atoms with van der Waals surface area (Å²) in [6, 6.07) is 1.86. The lowest BCUT2D eigenvalue weighted by molar-refractivity contribution is 0.253. The molecule has 0 saturated carbocycles. The highest BCUT2D eigenvalue weighted by Gasteiger charge is 2.26. The van der Waals surface area contributed by atoms with Gasteiger partial charge in [-0.05, 0) is 18.6 Å². The van der Waals surface area contributed by atoms with Crippen LogP contribution in [0.2, 0.25) is 5.02 Å². The Morgan fingerprint density at radius 1 is 1.42 bits per heavy atom. The maximum atomic E-state index is 13.2. The first-order valence-corrected chi connectivity index (χ1v) is 7.52. The van der Waals surface area contributed by atoms with Gasteiger partial charge >= 0.3 is 0 Å². The maximum absolute atomic E-state index is 13.2. The minimum Gasteiger partial charge on any atom is -0.396 e. The highest BCUT2D eigenvalue weighted by atomic mass is 35.5. The molecule has 5 nitrogen and oxygen atoms in total. The summed E-state index contributed by atoms with van der Waals surface area (Å²) < 4.78 is 39.0. The quantitative estimate of drug-likeness (QED) is 0.779. The third-order valence-corrected chi connectivity index (χ3v) is 4.85. The smallest absolute Gasteiger partial charge is 0.244 e. The van der Waals surface area contributed by atoms with E-state index in [0.29, 0.717) is 6.42 Å². The van der Waals surface area contributed by atoms with Gasteiger partial charge in [0.15, 0.2) is 0 Å². The van der Waals surface area contributed by atoms with E-state index in [9.17, 15) is 12.8 Å². The standard InChI is InChI=1S/C11H16ClFN2O3S/c1-2-3-15(4-5-16)19(17,18)11-7-10(14)9(13)6-8(11)12/h6-7,16H,2-5,14H2,1H3. The van der Waals surface area contributed by atoms with E-state index in [0.717, 1.165) is 16.4 Å². The maximum Gasteiger partial charge on any atom is 0.244 e. The van der Waals surface area contributed by atoms with Crippen LogP contribution in [0.1, 0.15) is 13.3 Å². The number of nitrogen functional groups attached to an aromatic ring is 1. The van der Waals surface area contributed by atoms with Crippen LogP contribution in [0.4, 0.5) is 10.1 Å². The van der Waals surface area contributed by atoms with Gasteiger partial charge in [-0.25, -0.2) is 12.8 Å². The van der Waals surface area contributed by atoms with E-state index in [4.69, 9.17) is 22.4 Å². The Balaban J connectivity index is 3.28. The Hall–Kier alpha value is -0.890. The van der Waals surface area contributed by atoms with Gasteiger partial charge in [0.2, 0.25) is 10.0 Å². The van der Waals surface area contributed by atoms with Gasteiger partial charge in [0.25, 0.3) is 0 Å². The lowest BCUT2D eigenvalue weighted by Crippen LogP contribution is -2.34. The molecule has 0 aliphatic rings. The normalized spacial score (nSPS) is 12.1. The molecule has 0 atom stereocenters. The average molecular weight is 311 g/mol. The summed E-state index contributed by atoms with van der Waals surface area (Å²) in [5, 5.41) is 8.69. The zero-order valence-corrected chi connectivity index (χ0v) is 12.0. The molecule has 0 unspecified atom stereocenters. The first-order valence-electron chi connectivity index (χ1n) is 5.70. The van der Waals surface area contributed by atoms with Crippen LogP contribution in [-0.2, 0) is 10.0 Å². The van der Waals surface area contributed by atoms with E-state index >= 15 is 0 Å². The van der Waals surface area contributed by atoms with Gasteiger partial charge in [0.05, 0.1) is 17.3 Å². The molecule has 0 amide bonds. The molecule has 0 aromatic heterocycles. The number of benzene rings is 1. The molecule has 0 radical (unpaired) electrons. The molecule has 0 aliphatic carbocycles. The van der Waals surface area contributed by atoms with Crippen LogP contribution >= 0.6 is 11.6 Å². The topological polar surface area (TPSA) is 83.6 Å². The zero-order valence-electron chi connectivity index (χ0n) is 10.4. The summed E-state index contributed by atoms with van der Waals surface area (Å²) in [5.41, 5.74) is 5.08. The fourth-order valence-corrected chi connectivity index (χ4v) is 3.64. The molecule has 108 valence electrons. The van der Waals surface area contributed by atoms with Crippen molar-refractivity contribution in [2.45, 2.75) is 18.2 Å². The van der Waals surface area contributed by atoms with Crippen LogP contribution in [0.25, 0.3) is 0 Å². The Labute approximate surface area is 116 Å². The molecular weight excluding hydrogens is 295 g/mol. The summed E-state index contributed by atoms with van der Waals surface area (Å²) in [4.78, 5) is -0.255. The number of aliphatic hydroxyl groups excluding tert-OH is 1. The predicted molar refractivity (Wildman–Crippen MR) is 72.0 cm³/mol. The number of rotatable bonds is 6. The van der Waals surface area contributed by atoms with Gasteiger partial charge in [-0.15, -0.1) is 0 Å². The second kappa shape index (κ2) is 6.51. The number of nitrogens with zero attached hydrogens (tertiary/aromatic N) is 1. The molecule has 0 bridgehead atoms. The largest absolute Gasteiger partial charge is 0.396 e. The van der Waals surface area contributed by atoms with Gasteiger partial charge in [0, 0.05) is 13.1 Å². The summed E-state index contributed by atoms with van der Waals surface area (Å²) in [6.07, 6.45) is 0.577. The minimum atomic E-state index is -3.90. The Morgan fingerprint density at radius 3 is 2.58 bits per heavy atom. The molecule has 0 heterocycles. The molecule has 8 heteroatoms. The van der Waals surface area contributed by atoms with E-state index in [1.165, 1.54) is 0 Å². The third kappa shape index (κ3) is 3.56. The number of anilines is 1. The fraction of sp³-hybridized carbons (Fsp3) is 0.455. The van der Waals surface area contributed by atoms with E-state index in [1.807, 2.05) is 0 Å². The molecule has 1 aromatic rings. The summed E-state index contributed by atoms with van der Waals surface area (Å²) >= 11 is 5.77. The van der Waals surface area contributed by atoms with Crippen molar-refractivity contribution in [1.82, 2.24) is 4.31 Å². The van der Waals surface area contributed by atoms with Crippen molar-refractivity contribution >= 4 is 27.3 Å². The van der Waals surface area contributed by atoms with Gasteiger partial charge < -0.3 is 10.8 Å². The van der Waals surface area contributed by atoms with Crippen LogP contribution < -0.4 is 5.73 Å². The predicted octanol–water partition coefficient (Wildman–Crippen LogP) is 1.45. The van der Waals surface area contributed by atoms with Crippen LogP contribution in [0, 0.1) is 5.82 Å². The van der Waals surface area contributed by atoms with Gasteiger partial charge in [-0.3, -0.25) is 0 Å². The highest BCUT2D eigenvalue weighted by molar-refractivity contribution is 7.89. The number of halogens is 2. The molecule has 1 rings (SSSR count). The minimum absolute atomic E-state index is 0.0518. The number of nitrogens with two attached hydrogens (primary N) is 1. The van der Waals surface area contributed by atoms with Crippen molar-refractivity contribution in [2.24, 2.45) is 0 Å². The van der Waals surface area contributed by atoms with E-state index in [-0.39, 0.29) is 35.3 Å². The molecule has 19 heavy (non-hydrogen) atoms. The molecule has 0 saturated heterocycles. The Bertz CT molecular complexity index is 545. The molecule has 1 aromatic carbocycles. The average Bonchev–Trinajstić information content (AvgIpc) is 2.33. The Morgan fingerprint density at radius 2 is 2.05 bits per heavy atom. The SMILES string of the molecule is CCCN(CCO)S(=O)(=O)c1cc(N)c(F)cc1Cl. The number of hydrogen-bond donors (Lipinski definition) is 2. The molecular formula is C11H16ClFN2O3S. The van der Waals surface area contributed by atoms with Crippen molar-refractivity contribution < 1.29 is 17.9 Å². The van der Waals surface area contributed by atoms with E-state index in [2.05, 4.69) is 0 Å². The monoisotopic (exact) mass is 310 g/mol. The van der Waals surface area contributed by atoms with Crippen LogP contribution in [0.15, 0.2) is 17.0 Å². The second-order valence-electron chi connectivity index (χ2n) is 3.93. The van der Waals surface area contributed by atoms with Gasteiger partial charge in [0.1, 0.15) is 10.7 Å². The van der Waals surface area contributed by atoms with Crippen LogP contribution in [0.5, 0.6) is 0 Å². The lowest BCUT2D eigenvalue weighted by Gasteiger charge is -2.21. The van der Waals surface area contributed by atoms with Crippen molar-refractivity contribution in [1.29, 1.82) is 0 Å². The van der Waals surface area contributed by atoms with E-state index in [1.54, 1.807) is 6.92 Å². The van der Waals surface area contributed by atoms with Crippen molar-refractivity contribution in [3.05, 3.63) is 23.0 Å². The Kier molecular flexibility index (Phi) is 5.54. The van der Waals surface area contributed by atoms with Crippen molar-refractivity contribution in [3.8, 4) is 0 Å². The van der Waals surface area contributed by atoms with Gasteiger partial charge in [-0.2, -0.15) is 4.31 Å². The first kappa shape index (κ1) is 16.2. The lowest BCUT2D eigenvalue weighted by atomic mass is 10.3. The highest BCUT2D eigenvalue weighted by Crippen LogP contribution is 2.28. The number of aliphatic hydroxyl groups is 1. The summed E-state index contributed by atoms with van der Waals surface area (Å²) in [5.74, 6) is -0.770. The molecule has 0 aliphatic heterocycles. The molecule has 0 fully saturated rings. The second-order valence-corrected chi connectivity index (χ2v) is 6.25. The number of sulfonamides is 1. The van der Waals surface area contributed by atoms with E-state index < -0.39 is 15.8 Å². The van der Waals surface area contributed by atoms with Crippen LogP contribution in [-0.4, -0.2) is 37.5 Å². The summed E-state index contributed by atoms with van der Waals surface area (Å²) in [6.45, 7) is 1.67. The zero-order chi connectivity index (χ0) is 14.6. The van der Waals surface area contributed by atoms with Crippen LogP contribution in [0.3, 0.4) is 0 Å². The van der Waals surface area contributed by atoms with Crippen molar-refractivity contribution in [2.75, 3.05) is 25.4 Å². The first-order chi connectivity index (χ1) is 8.84. The van der Waals surface area contributed by atoms with Crippen molar-refractivity contribution in [3.63, 3.8) is 0 Å². The third-order valence-electron chi connectivity index (χ3n) is 2.49. The fourth-order valence-electron chi connectivity index (χ4n) is 1.59. The molecule has 0 spiro atoms. The summed E-state index contributed by atoms with van der Waals surface area (Å²) in [7, 11) is -3.90. The molecule has 3 N–H and O–H groups in total. The number of hydrogen-bond acceptors (Lipinski definition) is 4. The van der Waals surface area contributed by atoms with Gasteiger partial charge in [-0.1, -0.05) is 18.5 Å².